The van der Waals surface area contributed by atoms with E-state index in [1.165, 1.54) is 17.8 Å². The summed E-state index contributed by atoms with van der Waals surface area (Å²) in [5.41, 5.74) is 0. The third-order valence-electron chi connectivity index (χ3n) is 1.83. The lowest BCUT2D eigenvalue weighted by atomic mass is 10.3. The number of hydrogen-bond donors (Lipinski definition) is 0. The van der Waals surface area contributed by atoms with E-state index in [1.54, 1.807) is 31.2 Å². The molecule has 1 heterocycles. The van der Waals surface area contributed by atoms with Crippen molar-refractivity contribution in [1.29, 1.82) is 0 Å². The largest absolute Gasteiger partial charge is 0.226 e. The SMILES string of the molecule is Cc1nc(Cl)cc(Sc2ccccc2F)n1. The molecule has 0 fully saturated rings. The fourth-order valence-corrected chi connectivity index (χ4v) is 2.37. The smallest absolute Gasteiger partial charge is 0.137 e. The van der Waals surface area contributed by atoms with Gasteiger partial charge in [-0.3, -0.25) is 0 Å². The van der Waals surface area contributed by atoms with Gasteiger partial charge in [-0.05, 0) is 19.1 Å². The molecule has 0 saturated heterocycles. The summed E-state index contributed by atoms with van der Waals surface area (Å²) in [6.07, 6.45) is 0. The monoisotopic (exact) mass is 254 g/mol. The topological polar surface area (TPSA) is 25.8 Å². The third kappa shape index (κ3) is 2.71. The van der Waals surface area contributed by atoms with Crippen molar-refractivity contribution in [1.82, 2.24) is 9.97 Å². The molecule has 0 aliphatic heterocycles. The summed E-state index contributed by atoms with van der Waals surface area (Å²) in [6, 6.07) is 8.16. The zero-order valence-corrected chi connectivity index (χ0v) is 10.0. The average Bonchev–Trinajstić information content (AvgIpc) is 2.20. The Hall–Kier alpha value is -1.13. The first kappa shape index (κ1) is 11.4. The highest BCUT2D eigenvalue weighted by atomic mass is 35.5. The van der Waals surface area contributed by atoms with Crippen LogP contribution in [0.5, 0.6) is 0 Å². The molecule has 1 aromatic heterocycles. The van der Waals surface area contributed by atoms with Crippen LogP contribution in [0.1, 0.15) is 5.82 Å². The molecule has 0 saturated carbocycles. The molecule has 0 spiro atoms. The van der Waals surface area contributed by atoms with E-state index in [1.807, 2.05) is 0 Å². The van der Waals surface area contributed by atoms with E-state index < -0.39 is 0 Å². The molecule has 0 atom stereocenters. The Kier molecular flexibility index (Phi) is 3.41. The molecule has 2 rings (SSSR count). The summed E-state index contributed by atoms with van der Waals surface area (Å²) in [7, 11) is 0. The van der Waals surface area contributed by atoms with Crippen LogP contribution in [0.25, 0.3) is 0 Å². The Bertz CT molecular complexity index is 499. The predicted molar refractivity (Wildman–Crippen MR) is 62.3 cm³/mol. The summed E-state index contributed by atoms with van der Waals surface area (Å²) in [4.78, 5) is 8.64. The van der Waals surface area contributed by atoms with Crippen molar-refractivity contribution in [2.45, 2.75) is 16.8 Å². The molecule has 5 heteroatoms. The van der Waals surface area contributed by atoms with Crippen LogP contribution >= 0.6 is 23.4 Å². The molecule has 0 amide bonds. The fourth-order valence-electron chi connectivity index (χ4n) is 1.20. The summed E-state index contributed by atoms with van der Waals surface area (Å²) >= 11 is 7.03. The molecule has 0 unspecified atom stereocenters. The number of hydrogen-bond acceptors (Lipinski definition) is 3. The van der Waals surface area contributed by atoms with Gasteiger partial charge in [0.25, 0.3) is 0 Å². The third-order valence-corrected chi connectivity index (χ3v) is 3.00. The van der Waals surface area contributed by atoms with Crippen molar-refractivity contribution < 1.29 is 4.39 Å². The molecule has 16 heavy (non-hydrogen) atoms. The minimum absolute atomic E-state index is 0.264. The highest BCUT2D eigenvalue weighted by Crippen LogP contribution is 2.29. The van der Waals surface area contributed by atoms with Crippen LogP contribution in [-0.4, -0.2) is 9.97 Å². The summed E-state index contributed by atoms with van der Waals surface area (Å²) in [5.74, 6) is 0.311. The van der Waals surface area contributed by atoms with Gasteiger partial charge < -0.3 is 0 Å². The van der Waals surface area contributed by atoms with Gasteiger partial charge in [0.1, 0.15) is 21.8 Å². The number of aromatic nitrogens is 2. The molecule has 0 N–H and O–H groups in total. The molecular formula is C11H8ClFN2S. The van der Waals surface area contributed by atoms with Crippen molar-refractivity contribution in [2.24, 2.45) is 0 Å². The maximum absolute atomic E-state index is 13.4. The van der Waals surface area contributed by atoms with Gasteiger partial charge in [-0.2, -0.15) is 0 Å². The molecule has 0 aliphatic carbocycles. The Balaban J connectivity index is 2.30. The zero-order chi connectivity index (χ0) is 11.5. The number of halogens is 2. The summed E-state index contributed by atoms with van der Waals surface area (Å²) < 4.78 is 13.4. The van der Waals surface area contributed by atoms with Crippen LogP contribution in [0, 0.1) is 12.7 Å². The van der Waals surface area contributed by atoms with Gasteiger partial charge in [0.15, 0.2) is 0 Å². The van der Waals surface area contributed by atoms with Crippen LogP contribution in [-0.2, 0) is 0 Å². The number of aryl methyl sites for hydroxylation is 1. The molecule has 2 aromatic rings. The molecule has 0 aliphatic rings. The van der Waals surface area contributed by atoms with Crippen molar-refractivity contribution in [3.8, 4) is 0 Å². The highest BCUT2D eigenvalue weighted by Gasteiger charge is 2.06. The van der Waals surface area contributed by atoms with Crippen molar-refractivity contribution >= 4 is 23.4 Å². The Labute approximate surface area is 102 Å². The number of benzene rings is 1. The van der Waals surface area contributed by atoms with Gasteiger partial charge in [-0.15, -0.1) is 0 Å². The lowest BCUT2D eigenvalue weighted by Gasteiger charge is -2.03. The van der Waals surface area contributed by atoms with E-state index in [0.717, 1.165) is 0 Å². The molecule has 1 aromatic carbocycles. The minimum atomic E-state index is -0.264. The van der Waals surface area contributed by atoms with Crippen LogP contribution < -0.4 is 0 Å². The van der Waals surface area contributed by atoms with E-state index in [4.69, 9.17) is 11.6 Å². The van der Waals surface area contributed by atoms with Gasteiger partial charge in [-0.25, -0.2) is 14.4 Å². The Morgan fingerprint density at radius 2 is 2.00 bits per heavy atom. The van der Waals surface area contributed by atoms with Crippen molar-refractivity contribution in [2.75, 3.05) is 0 Å². The number of nitrogens with zero attached hydrogens (tertiary/aromatic N) is 2. The second-order valence-electron chi connectivity index (χ2n) is 3.11. The van der Waals surface area contributed by atoms with Crippen LogP contribution in [0.3, 0.4) is 0 Å². The fraction of sp³-hybridized carbons (Fsp3) is 0.0909. The quantitative estimate of drug-likeness (QED) is 0.764. The predicted octanol–water partition coefficient (Wildman–Crippen LogP) is 3.73. The first-order valence-electron chi connectivity index (χ1n) is 4.59. The molecule has 0 radical (unpaired) electrons. The molecular weight excluding hydrogens is 247 g/mol. The Morgan fingerprint density at radius 1 is 1.25 bits per heavy atom. The lowest BCUT2D eigenvalue weighted by molar-refractivity contribution is 0.602. The highest BCUT2D eigenvalue weighted by molar-refractivity contribution is 7.99. The van der Waals surface area contributed by atoms with Crippen LogP contribution in [0.4, 0.5) is 4.39 Å². The maximum atomic E-state index is 13.4. The van der Waals surface area contributed by atoms with E-state index >= 15 is 0 Å². The molecule has 0 bridgehead atoms. The van der Waals surface area contributed by atoms with Crippen LogP contribution in [0.2, 0.25) is 5.15 Å². The lowest BCUT2D eigenvalue weighted by Crippen LogP contribution is -1.90. The van der Waals surface area contributed by atoms with Gasteiger partial charge >= 0.3 is 0 Å². The van der Waals surface area contributed by atoms with Gasteiger partial charge in [0, 0.05) is 11.0 Å². The minimum Gasteiger partial charge on any atom is -0.226 e. The molecule has 2 nitrogen and oxygen atoms in total. The second-order valence-corrected chi connectivity index (χ2v) is 4.56. The van der Waals surface area contributed by atoms with E-state index in [2.05, 4.69) is 9.97 Å². The van der Waals surface area contributed by atoms with Gasteiger partial charge in [0.05, 0.1) is 0 Å². The Morgan fingerprint density at radius 3 is 2.69 bits per heavy atom. The summed E-state index contributed by atoms with van der Waals surface area (Å²) in [5, 5.41) is 1.01. The first-order chi connectivity index (χ1) is 7.65. The first-order valence-corrected chi connectivity index (χ1v) is 5.78. The van der Waals surface area contributed by atoms with Crippen molar-refractivity contribution in [3.63, 3.8) is 0 Å². The standard InChI is InChI=1S/C11H8ClFN2S/c1-7-14-10(12)6-11(15-7)16-9-5-3-2-4-8(9)13/h2-6H,1H3. The van der Waals surface area contributed by atoms with E-state index in [-0.39, 0.29) is 5.82 Å². The van der Waals surface area contributed by atoms with Crippen LogP contribution in [0.15, 0.2) is 40.3 Å². The summed E-state index contributed by atoms with van der Waals surface area (Å²) in [6.45, 7) is 1.75. The zero-order valence-electron chi connectivity index (χ0n) is 8.45. The molecule has 82 valence electrons. The number of rotatable bonds is 2. The van der Waals surface area contributed by atoms with Gasteiger partial charge in [-0.1, -0.05) is 35.5 Å². The van der Waals surface area contributed by atoms with E-state index in [9.17, 15) is 4.39 Å². The van der Waals surface area contributed by atoms with Gasteiger partial charge in [0.2, 0.25) is 0 Å². The second kappa shape index (κ2) is 4.80. The maximum Gasteiger partial charge on any atom is 0.137 e. The van der Waals surface area contributed by atoms with Crippen molar-refractivity contribution in [3.05, 3.63) is 47.1 Å². The average molecular weight is 255 g/mol. The van der Waals surface area contributed by atoms with E-state index in [0.29, 0.717) is 20.9 Å². The normalized spacial score (nSPS) is 10.4.